The van der Waals surface area contributed by atoms with Gasteiger partial charge in [0.15, 0.2) is 5.82 Å². The molecule has 0 aliphatic rings. The standard InChI is InChI=1S/C11H10N4/c1-8-3-4-9(10(7-12)15-8)11-13-5-2-6-14-11/h2-7,12H,1H3. The molecule has 0 atom stereocenters. The molecule has 2 aromatic heterocycles. The van der Waals surface area contributed by atoms with Crippen molar-refractivity contribution >= 4 is 6.21 Å². The van der Waals surface area contributed by atoms with Crippen molar-refractivity contribution in [2.45, 2.75) is 6.92 Å². The average molecular weight is 198 g/mol. The largest absolute Gasteiger partial charge is 0.306 e. The summed E-state index contributed by atoms with van der Waals surface area (Å²) < 4.78 is 0. The fourth-order valence-electron chi connectivity index (χ4n) is 1.31. The molecule has 15 heavy (non-hydrogen) atoms. The molecule has 0 spiro atoms. The molecule has 2 rings (SSSR count). The lowest BCUT2D eigenvalue weighted by Gasteiger charge is -2.03. The van der Waals surface area contributed by atoms with Crippen molar-refractivity contribution in [3.8, 4) is 11.4 Å². The van der Waals surface area contributed by atoms with Crippen molar-refractivity contribution in [3.63, 3.8) is 0 Å². The number of nitrogens with zero attached hydrogens (tertiary/aromatic N) is 3. The monoisotopic (exact) mass is 198 g/mol. The molecule has 0 aliphatic carbocycles. The van der Waals surface area contributed by atoms with Crippen molar-refractivity contribution in [2.75, 3.05) is 0 Å². The molecule has 4 heteroatoms. The molecule has 2 heterocycles. The van der Waals surface area contributed by atoms with Crippen LogP contribution in [0.3, 0.4) is 0 Å². The van der Waals surface area contributed by atoms with E-state index in [1.54, 1.807) is 18.5 Å². The van der Waals surface area contributed by atoms with E-state index in [0.29, 0.717) is 11.5 Å². The number of hydrogen-bond acceptors (Lipinski definition) is 4. The molecule has 2 aromatic rings. The second-order valence-corrected chi connectivity index (χ2v) is 3.10. The molecule has 74 valence electrons. The van der Waals surface area contributed by atoms with Gasteiger partial charge in [-0.3, -0.25) is 4.98 Å². The summed E-state index contributed by atoms with van der Waals surface area (Å²) in [5.74, 6) is 0.600. The van der Waals surface area contributed by atoms with Crippen LogP contribution in [0.5, 0.6) is 0 Å². The van der Waals surface area contributed by atoms with Gasteiger partial charge in [0.2, 0.25) is 0 Å². The maximum absolute atomic E-state index is 7.29. The Labute approximate surface area is 87.6 Å². The minimum Gasteiger partial charge on any atom is -0.306 e. The van der Waals surface area contributed by atoms with Gasteiger partial charge in [0, 0.05) is 29.9 Å². The van der Waals surface area contributed by atoms with E-state index in [1.165, 1.54) is 6.21 Å². The third kappa shape index (κ3) is 1.88. The van der Waals surface area contributed by atoms with E-state index in [9.17, 15) is 0 Å². The summed E-state index contributed by atoms with van der Waals surface area (Å²) in [6.07, 6.45) is 4.57. The fourth-order valence-corrected chi connectivity index (χ4v) is 1.31. The normalized spacial score (nSPS) is 9.93. The van der Waals surface area contributed by atoms with Crippen LogP contribution in [0.25, 0.3) is 11.4 Å². The zero-order valence-electron chi connectivity index (χ0n) is 8.31. The summed E-state index contributed by atoms with van der Waals surface area (Å²) in [4.78, 5) is 12.5. The SMILES string of the molecule is Cc1ccc(-c2ncccn2)c(C=N)n1. The van der Waals surface area contributed by atoms with Crippen LogP contribution in [0.4, 0.5) is 0 Å². The predicted octanol–water partition coefficient (Wildman–Crippen LogP) is 1.84. The van der Waals surface area contributed by atoms with Crippen LogP contribution in [0.1, 0.15) is 11.4 Å². The Hall–Kier alpha value is -2.10. The molecule has 0 amide bonds. The molecule has 0 saturated carbocycles. The van der Waals surface area contributed by atoms with E-state index < -0.39 is 0 Å². The molecule has 0 fully saturated rings. The molecule has 0 unspecified atom stereocenters. The van der Waals surface area contributed by atoms with Crippen LogP contribution in [0, 0.1) is 12.3 Å². The number of aryl methyl sites for hydroxylation is 1. The third-order valence-electron chi connectivity index (χ3n) is 2.01. The Morgan fingerprint density at radius 1 is 1.20 bits per heavy atom. The maximum atomic E-state index is 7.29. The van der Waals surface area contributed by atoms with E-state index >= 15 is 0 Å². The number of nitrogens with one attached hydrogen (secondary N) is 1. The summed E-state index contributed by atoms with van der Waals surface area (Å²) in [6.45, 7) is 1.89. The van der Waals surface area contributed by atoms with Gasteiger partial charge in [-0.2, -0.15) is 0 Å². The van der Waals surface area contributed by atoms with Gasteiger partial charge in [0.1, 0.15) is 0 Å². The van der Waals surface area contributed by atoms with Crippen LogP contribution in [-0.2, 0) is 0 Å². The molecule has 0 aromatic carbocycles. The summed E-state index contributed by atoms with van der Waals surface area (Å²) in [6, 6.07) is 5.53. The zero-order chi connectivity index (χ0) is 10.7. The fraction of sp³-hybridized carbons (Fsp3) is 0.0909. The number of rotatable bonds is 2. The minimum atomic E-state index is 0.598. The Kier molecular flexibility index (Phi) is 2.49. The van der Waals surface area contributed by atoms with Crippen molar-refractivity contribution < 1.29 is 0 Å². The van der Waals surface area contributed by atoms with E-state index in [2.05, 4.69) is 15.0 Å². The first kappa shape index (κ1) is 9.45. The van der Waals surface area contributed by atoms with Gasteiger partial charge in [-0.1, -0.05) is 0 Å². The van der Waals surface area contributed by atoms with Gasteiger partial charge in [-0.05, 0) is 25.1 Å². The summed E-state index contributed by atoms with van der Waals surface area (Å²) in [5, 5.41) is 7.29. The molecule has 0 saturated heterocycles. The van der Waals surface area contributed by atoms with Crippen LogP contribution >= 0.6 is 0 Å². The third-order valence-corrected chi connectivity index (χ3v) is 2.01. The first-order valence-electron chi connectivity index (χ1n) is 4.57. The van der Waals surface area contributed by atoms with Crippen molar-refractivity contribution in [1.29, 1.82) is 5.41 Å². The van der Waals surface area contributed by atoms with Crippen LogP contribution < -0.4 is 0 Å². The molecular formula is C11H10N4. The predicted molar refractivity (Wildman–Crippen MR) is 57.9 cm³/mol. The molecule has 0 radical (unpaired) electrons. The van der Waals surface area contributed by atoms with Gasteiger partial charge in [-0.25, -0.2) is 9.97 Å². The van der Waals surface area contributed by atoms with Crippen molar-refractivity contribution in [3.05, 3.63) is 42.0 Å². The summed E-state index contributed by atoms with van der Waals surface area (Å²) >= 11 is 0. The second-order valence-electron chi connectivity index (χ2n) is 3.10. The summed E-state index contributed by atoms with van der Waals surface area (Å²) in [5.41, 5.74) is 2.27. The van der Waals surface area contributed by atoms with Gasteiger partial charge in [0.25, 0.3) is 0 Å². The van der Waals surface area contributed by atoms with E-state index in [4.69, 9.17) is 5.41 Å². The lowest BCUT2D eigenvalue weighted by molar-refractivity contribution is 1.13. The number of pyridine rings is 1. The quantitative estimate of drug-likeness (QED) is 0.749. The minimum absolute atomic E-state index is 0.598. The molecule has 0 aliphatic heterocycles. The maximum Gasteiger partial charge on any atom is 0.161 e. The Morgan fingerprint density at radius 3 is 2.60 bits per heavy atom. The van der Waals surface area contributed by atoms with Crippen molar-refractivity contribution in [2.24, 2.45) is 0 Å². The Bertz CT molecular complexity index is 479. The zero-order valence-corrected chi connectivity index (χ0v) is 8.31. The van der Waals surface area contributed by atoms with Gasteiger partial charge < -0.3 is 5.41 Å². The Balaban J connectivity index is 2.58. The van der Waals surface area contributed by atoms with Crippen LogP contribution in [0.15, 0.2) is 30.6 Å². The first-order chi connectivity index (χ1) is 7.31. The van der Waals surface area contributed by atoms with E-state index in [-0.39, 0.29) is 0 Å². The molecule has 0 bridgehead atoms. The van der Waals surface area contributed by atoms with Crippen molar-refractivity contribution in [1.82, 2.24) is 15.0 Å². The van der Waals surface area contributed by atoms with Crippen LogP contribution in [-0.4, -0.2) is 21.2 Å². The van der Waals surface area contributed by atoms with Gasteiger partial charge in [0.05, 0.1) is 5.69 Å². The number of aromatic nitrogens is 3. The highest BCUT2D eigenvalue weighted by Gasteiger charge is 2.06. The highest BCUT2D eigenvalue weighted by atomic mass is 14.9. The Morgan fingerprint density at radius 2 is 1.93 bits per heavy atom. The van der Waals surface area contributed by atoms with Crippen LogP contribution in [0.2, 0.25) is 0 Å². The topological polar surface area (TPSA) is 62.5 Å². The molecular weight excluding hydrogens is 188 g/mol. The molecule has 1 N–H and O–H groups in total. The highest BCUT2D eigenvalue weighted by molar-refractivity contribution is 5.84. The van der Waals surface area contributed by atoms with Gasteiger partial charge in [-0.15, -0.1) is 0 Å². The first-order valence-corrected chi connectivity index (χ1v) is 4.57. The summed E-state index contributed by atoms with van der Waals surface area (Å²) in [7, 11) is 0. The van der Waals surface area contributed by atoms with E-state index in [0.717, 1.165) is 11.3 Å². The number of hydrogen-bond donors (Lipinski definition) is 1. The smallest absolute Gasteiger partial charge is 0.161 e. The molecule has 4 nitrogen and oxygen atoms in total. The van der Waals surface area contributed by atoms with Gasteiger partial charge >= 0.3 is 0 Å². The average Bonchev–Trinajstić information content (AvgIpc) is 2.30. The second kappa shape index (κ2) is 3.96. The lowest BCUT2D eigenvalue weighted by Crippen LogP contribution is -1.97. The lowest BCUT2D eigenvalue weighted by atomic mass is 10.1. The highest BCUT2D eigenvalue weighted by Crippen LogP contribution is 2.16. The van der Waals surface area contributed by atoms with E-state index in [1.807, 2.05) is 19.1 Å².